The zero-order valence-corrected chi connectivity index (χ0v) is 8.50. The summed E-state index contributed by atoms with van der Waals surface area (Å²) in [5, 5.41) is 19.1. The van der Waals surface area contributed by atoms with E-state index < -0.39 is 12.2 Å². The van der Waals surface area contributed by atoms with Gasteiger partial charge in [-0.15, -0.1) is 0 Å². The topological polar surface area (TPSA) is 101 Å². The molecule has 84 valence electrons. The number of nitrogens with zero attached hydrogens (tertiary/aromatic N) is 2. The molecule has 1 heterocycles. The van der Waals surface area contributed by atoms with Crippen LogP contribution in [0.1, 0.15) is 18.1 Å². The maximum absolute atomic E-state index is 9.66. The van der Waals surface area contributed by atoms with Crippen LogP contribution in [0.5, 0.6) is 6.01 Å². The molecule has 0 spiro atoms. The van der Waals surface area contributed by atoms with Crippen molar-refractivity contribution in [2.75, 3.05) is 13.7 Å². The van der Waals surface area contributed by atoms with Crippen LogP contribution in [-0.4, -0.2) is 39.9 Å². The van der Waals surface area contributed by atoms with Crippen molar-refractivity contribution in [1.82, 2.24) is 9.97 Å². The number of nitrogens with two attached hydrogens (primary N) is 1. The molecule has 4 N–H and O–H groups in total. The van der Waals surface area contributed by atoms with Gasteiger partial charge in [0.1, 0.15) is 6.10 Å². The van der Waals surface area contributed by atoms with E-state index in [4.69, 9.17) is 10.5 Å². The van der Waals surface area contributed by atoms with E-state index in [1.54, 1.807) is 0 Å². The zero-order chi connectivity index (χ0) is 11.3. The molecule has 0 radical (unpaired) electrons. The van der Waals surface area contributed by atoms with Crippen LogP contribution < -0.4 is 10.5 Å². The number of aromatic nitrogens is 2. The maximum Gasteiger partial charge on any atom is 0.316 e. The van der Waals surface area contributed by atoms with Crippen molar-refractivity contribution in [3.63, 3.8) is 0 Å². The molecule has 15 heavy (non-hydrogen) atoms. The lowest BCUT2D eigenvalue weighted by Gasteiger charge is -2.16. The first-order valence-corrected chi connectivity index (χ1v) is 4.61. The van der Waals surface area contributed by atoms with Crippen LogP contribution >= 0.6 is 0 Å². The third kappa shape index (κ3) is 3.12. The van der Waals surface area contributed by atoms with E-state index in [1.165, 1.54) is 19.5 Å². The van der Waals surface area contributed by atoms with Gasteiger partial charge in [0, 0.05) is 18.0 Å². The molecule has 0 aliphatic carbocycles. The van der Waals surface area contributed by atoms with Gasteiger partial charge in [0.05, 0.1) is 13.2 Å². The van der Waals surface area contributed by atoms with Crippen molar-refractivity contribution >= 4 is 0 Å². The summed E-state index contributed by atoms with van der Waals surface area (Å²) in [7, 11) is 1.45. The van der Waals surface area contributed by atoms with Crippen LogP contribution in [0.4, 0.5) is 0 Å². The van der Waals surface area contributed by atoms with Gasteiger partial charge in [-0.3, -0.25) is 0 Å². The number of aliphatic hydroxyl groups is 2. The average molecular weight is 213 g/mol. The standard InChI is InChI=1S/C9H15N3O3/c1-15-9-11-4-6(5-12-9)8(14)7(13)2-3-10/h4-5,7-8,13-14H,2-3,10H2,1H3. The van der Waals surface area contributed by atoms with Crippen molar-refractivity contribution in [2.45, 2.75) is 18.6 Å². The lowest BCUT2D eigenvalue weighted by Crippen LogP contribution is -2.22. The molecule has 0 saturated carbocycles. The van der Waals surface area contributed by atoms with Gasteiger partial charge in [0.25, 0.3) is 0 Å². The van der Waals surface area contributed by atoms with E-state index in [1.807, 2.05) is 0 Å². The minimum atomic E-state index is -1.01. The Morgan fingerprint density at radius 1 is 1.40 bits per heavy atom. The highest BCUT2D eigenvalue weighted by atomic mass is 16.5. The fourth-order valence-corrected chi connectivity index (χ4v) is 1.14. The fourth-order valence-electron chi connectivity index (χ4n) is 1.14. The van der Waals surface area contributed by atoms with Crippen molar-refractivity contribution in [2.24, 2.45) is 5.73 Å². The monoisotopic (exact) mass is 213 g/mol. The Bertz CT molecular complexity index is 291. The van der Waals surface area contributed by atoms with Crippen LogP contribution in [0.25, 0.3) is 0 Å². The first kappa shape index (κ1) is 11.8. The molecule has 2 unspecified atom stereocenters. The molecule has 6 heteroatoms. The number of ether oxygens (including phenoxy) is 1. The Morgan fingerprint density at radius 3 is 2.47 bits per heavy atom. The Morgan fingerprint density at radius 2 is 2.00 bits per heavy atom. The number of rotatable bonds is 5. The molecule has 0 aliphatic heterocycles. The second-order valence-electron chi connectivity index (χ2n) is 3.09. The highest BCUT2D eigenvalue weighted by Gasteiger charge is 2.18. The molecule has 0 aromatic carbocycles. The molecule has 1 rings (SSSR count). The number of hydrogen-bond donors (Lipinski definition) is 3. The number of methoxy groups -OCH3 is 1. The van der Waals surface area contributed by atoms with E-state index in [0.29, 0.717) is 18.5 Å². The molecule has 6 nitrogen and oxygen atoms in total. The fraction of sp³-hybridized carbons (Fsp3) is 0.556. The predicted octanol–water partition coefficient (Wildman–Crippen LogP) is -0.772. The quantitative estimate of drug-likeness (QED) is 0.593. The molecule has 0 saturated heterocycles. The van der Waals surface area contributed by atoms with Gasteiger partial charge in [-0.05, 0) is 13.0 Å². The van der Waals surface area contributed by atoms with Crippen molar-refractivity contribution in [1.29, 1.82) is 0 Å². The summed E-state index contributed by atoms with van der Waals surface area (Å²) in [6.07, 6.45) is 1.24. The molecule has 0 fully saturated rings. The van der Waals surface area contributed by atoms with Gasteiger partial charge in [0.15, 0.2) is 0 Å². The van der Waals surface area contributed by atoms with Crippen LogP contribution in [0.15, 0.2) is 12.4 Å². The minimum Gasteiger partial charge on any atom is -0.467 e. The summed E-state index contributed by atoms with van der Waals surface area (Å²) in [5.74, 6) is 0. The van der Waals surface area contributed by atoms with Crippen molar-refractivity contribution < 1.29 is 14.9 Å². The summed E-state index contributed by atoms with van der Waals surface area (Å²) in [5.41, 5.74) is 5.71. The smallest absolute Gasteiger partial charge is 0.316 e. The van der Waals surface area contributed by atoms with Crippen LogP contribution in [-0.2, 0) is 0 Å². The Labute approximate surface area is 87.7 Å². The average Bonchev–Trinajstić information content (AvgIpc) is 2.28. The second-order valence-corrected chi connectivity index (χ2v) is 3.09. The Hall–Kier alpha value is -1.24. The first-order valence-electron chi connectivity index (χ1n) is 4.61. The first-order chi connectivity index (χ1) is 7.19. The molecule has 1 aromatic heterocycles. The molecule has 0 amide bonds. The lowest BCUT2D eigenvalue weighted by molar-refractivity contribution is 0.0145. The Kier molecular flexibility index (Phi) is 4.41. The summed E-state index contributed by atoms with van der Waals surface area (Å²) >= 11 is 0. The molecular formula is C9H15N3O3. The van der Waals surface area contributed by atoms with Gasteiger partial charge >= 0.3 is 6.01 Å². The normalized spacial score (nSPS) is 14.7. The minimum absolute atomic E-state index is 0.222. The SMILES string of the molecule is COc1ncc(C(O)C(O)CCN)cn1. The number of hydrogen-bond acceptors (Lipinski definition) is 6. The van der Waals surface area contributed by atoms with E-state index in [9.17, 15) is 10.2 Å². The van der Waals surface area contributed by atoms with Crippen LogP contribution in [0.3, 0.4) is 0 Å². The molecular weight excluding hydrogens is 198 g/mol. The largest absolute Gasteiger partial charge is 0.467 e. The molecule has 1 aromatic rings. The van der Waals surface area contributed by atoms with Crippen molar-refractivity contribution in [3.05, 3.63) is 18.0 Å². The van der Waals surface area contributed by atoms with E-state index in [2.05, 4.69) is 9.97 Å². The van der Waals surface area contributed by atoms with E-state index in [-0.39, 0.29) is 6.01 Å². The van der Waals surface area contributed by atoms with Crippen molar-refractivity contribution in [3.8, 4) is 6.01 Å². The lowest BCUT2D eigenvalue weighted by atomic mass is 10.1. The summed E-state index contributed by atoms with van der Waals surface area (Å²) in [6.45, 7) is 0.315. The van der Waals surface area contributed by atoms with Gasteiger partial charge in [-0.25, -0.2) is 9.97 Å². The van der Waals surface area contributed by atoms with Gasteiger partial charge in [0.2, 0.25) is 0 Å². The predicted molar refractivity (Wildman–Crippen MR) is 53.2 cm³/mol. The van der Waals surface area contributed by atoms with Crippen LogP contribution in [0, 0.1) is 0 Å². The zero-order valence-electron chi connectivity index (χ0n) is 8.50. The molecule has 2 atom stereocenters. The molecule has 0 aliphatic rings. The van der Waals surface area contributed by atoms with E-state index in [0.717, 1.165) is 0 Å². The molecule has 0 bridgehead atoms. The second kappa shape index (κ2) is 5.59. The van der Waals surface area contributed by atoms with Gasteiger partial charge < -0.3 is 20.7 Å². The third-order valence-corrected chi connectivity index (χ3v) is 2.00. The van der Waals surface area contributed by atoms with Crippen LogP contribution in [0.2, 0.25) is 0 Å². The number of aliphatic hydroxyl groups excluding tert-OH is 2. The summed E-state index contributed by atoms with van der Waals surface area (Å²) in [4.78, 5) is 7.65. The maximum atomic E-state index is 9.66. The van der Waals surface area contributed by atoms with E-state index >= 15 is 0 Å². The summed E-state index contributed by atoms with van der Waals surface area (Å²) in [6, 6.07) is 0.222. The highest BCUT2D eigenvalue weighted by molar-refractivity contribution is 5.11. The van der Waals surface area contributed by atoms with Gasteiger partial charge in [-0.1, -0.05) is 0 Å². The Balaban J connectivity index is 2.69. The third-order valence-electron chi connectivity index (χ3n) is 2.00. The van der Waals surface area contributed by atoms with Gasteiger partial charge in [-0.2, -0.15) is 0 Å². The summed E-state index contributed by atoms with van der Waals surface area (Å²) < 4.78 is 4.77. The highest BCUT2D eigenvalue weighted by Crippen LogP contribution is 2.17.